The van der Waals surface area contributed by atoms with E-state index in [9.17, 15) is 0 Å². The highest BCUT2D eigenvalue weighted by Crippen LogP contribution is 2.45. The summed E-state index contributed by atoms with van der Waals surface area (Å²) in [7, 11) is 0. The van der Waals surface area contributed by atoms with E-state index >= 15 is 0 Å². The number of nitrogens with zero attached hydrogens (tertiary/aromatic N) is 1. The van der Waals surface area contributed by atoms with Crippen molar-refractivity contribution >= 4 is 59.3 Å². The van der Waals surface area contributed by atoms with E-state index in [0.29, 0.717) is 0 Å². The zero-order chi connectivity index (χ0) is 35.8. The van der Waals surface area contributed by atoms with Gasteiger partial charge < -0.3 is 4.90 Å². The molecule has 54 heavy (non-hydrogen) atoms. The highest BCUT2D eigenvalue weighted by Gasteiger charge is 2.19. The maximum atomic E-state index is 2.41. The number of hydrogen-bond acceptors (Lipinski definition) is 2. The van der Waals surface area contributed by atoms with E-state index in [1.807, 2.05) is 11.3 Å². The van der Waals surface area contributed by atoms with Crippen LogP contribution in [-0.2, 0) is 0 Å². The lowest BCUT2D eigenvalue weighted by molar-refractivity contribution is 1.30. The van der Waals surface area contributed by atoms with Gasteiger partial charge in [0.2, 0.25) is 0 Å². The van der Waals surface area contributed by atoms with Gasteiger partial charge in [-0.3, -0.25) is 0 Å². The van der Waals surface area contributed by atoms with Crippen molar-refractivity contribution < 1.29 is 0 Å². The van der Waals surface area contributed by atoms with Crippen molar-refractivity contribution in [1.82, 2.24) is 0 Å². The molecule has 0 aliphatic carbocycles. The minimum absolute atomic E-state index is 1.12. The largest absolute Gasteiger partial charge is 0.310 e. The van der Waals surface area contributed by atoms with Gasteiger partial charge in [-0.15, -0.1) is 11.3 Å². The Hall–Kier alpha value is -6.74. The molecular weight excluding hydrogens is 671 g/mol. The summed E-state index contributed by atoms with van der Waals surface area (Å²) in [6.07, 6.45) is 0. The standard InChI is InChI=1S/C52H35NS/c1-2-10-36(11-3-1)39-26-30-46(31-27-39)53(49-17-9-19-51-52(49)48-16-6-7-18-50(48)54-51)47-32-28-40(29-33-47)38-20-22-41(23-21-38)43-14-8-15-44(34-43)45-25-24-37-12-4-5-13-42(37)35-45/h1-35H. The molecule has 0 saturated carbocycles. The van der Waals surface area contributed by atoms with E-state index in [2.05, 4.69) is 217 Å². The minimum Gasteiger partial charge on any atom is -0.310 e. The first-order valence-electron chi connectivity index (χ1n) is 18.4. The average molecular weight is 706 g/mol. The molecule has 0 aliphatic heterocycles. The van der Waals surface area contributed by atoms with Crippen LogP contribution in [0, 0.1) is 0 Å². The quantitative estimate of drug-likeness (QED) is 0.160. The molecule has 0 N–H and O–H groups in total. The zero-order valence-electron chi connectivity index (χ0n) is 29.6. The van der Waals surface area contributed by atoms with Crippen LogP contribution in [0.25, 0.3) is 75.5 Å². The Morgan fingerprint density at radius 3 is 1.46 bits per heavy atom. The fraction of sp³-hybridized carbons (Fsp3) is 0. The number of hydrogen-bond donors (Lipinski definition) is 0. The van der Waals surface area contributed by atoms with Crippen LogP contribution in [0.3, 0.4) is 0 Å². The third-order valence-electron chi connectivity index (χ3n) is 10.5. The molecular formula is C52H35NS. The second kappa shape index (κ2) is 13.7. The Bertz CT molecular complexity index is 2900. The van der Waals surface area contributed by atoms with Gasteiger partial charge in [0, 0.05) is 31.5 Å². The van der Waals surface area contributed by atoms with E-state index in [4.69, 9.17) is 0 Å². The van der Waals surface area contributed by atoms with Gasteiger partial charge >= 0.3 is 0 Å². The summed E-state index contributed by atoms with van der Waals surface area (Å²) in [6.45, 7) is 0. The van der Waals surface area contributed by atoms with Crippen LogP contribution in [0.5, 0.6) is 0 Å². The predicted octanol–water partition coefficient (Wildman–Crippen LogP) is 15.3. The predicted molar refractivity (Wildman–Crippen MR) is 233 cm³/mol. The van der Waals surface area contributed by atoms with Gasteiger partial charge in [0.1, 0.15) is 0 Å². The molecule has 1 heterocycles. The fourth-order valence-electron chi connectivity index (χ4n) is 7.71. The normalized spacial score (nSPS) is 11.3. The maximum Gasteiger partial charge on any atom is 0.0554 e. The molecule has 0 radical (unpaired) electrons. The second-order valence-corrected chi connectivity index (χ2v) is 14.8. The molecule has 0 aliphatic rings. The van der Waals surface area contributed by atoms with Crippen LogP contribution >= 0.6 is 11.3 Å². The smallest absolute Gasteiger partial charge is 0.0554 e. The van der Waals surface area contributed by atoms with E-state index in [-0.39, 0.29) is 0 Å². The third kappa shape index (κ3) is 5.93. The molecule has 2 heteroatoms. The Morgan fingerprint density at radius 1 is 0.296 bits per heavy atom. The van der Waals surface area contributed by atoms with Gasteiger partial charge in [-0.1, -0.05) is 158 Å². The highest BCUT2D eigenvalue weighted by atomic mass is 32.1. The van der Waals surface area contributed by atoms with Crippen LogP contribution in [0.15, 0.2) is 212 Å². The minimum atomic E-state index is 1.12. The molecule has 0 fully saturated rings. The first-order valence-corrected chi connectivity index (χ1v) is 19.2. The molecule has 9 aromatic carbocycles. The lowest BCUT2D eigenvalue weighted by Crippen LogP contribution is -2.10. The second-order valence-electron chi connectivity index (χ2n) is 13.8. The van der Waals surface area contributed by atoms with Crippen molar-refractivity contribution in [2.45, 2.75) is 0 Å². The number of anilines is 3. The summed E-state index contributed by atoms with van der Waals surface area (Å²) < 4.78 is 2.60. The summed E-state index contributed by atoms with van der Waals surface area (Å²) >= 11 is 1.86. The number of rotatable bonds is 7. The summed E-state index contributed by atoms with van der Waals surface area (Å²) in [5.41, 5.74) is 13.1. The van der Waals surface area contributed by atoms with Gasteiger partial charge in [0.25, 0.3) is 0 Å². The van der Waals surface area contributed by atoms with E-state index in [0.717, 1.165) is 11.4 Å². The topological polar surface area (TPSA) is 3.24 Å². The molecule has 0 saturated heterocycles. The van der Waals surface area contributed by atoms with E-state index in [1.54, 1.807) is 0 Å². The van der Waals surface area contributed by atoms with Crippen LogP contribution in [-0.4, -0.2) is 0 Å². The zero-order valence-corrected chi connectivity index (χ0v) is 30.4. The van der Waals surface area contributed by atoms with Crippen LogP contribution < -0.4 is 4.90 Å². The molecule has 0 spiro atoms. The average Bonchev–Trinajstić information content (AvgIpc) is 3.64. The molecule has 10 aromatic rings. The Balaban J connectivity index is 0.987. The van der Waals surface area contributed by atoms with Crippen molar-refractivity contribution in [3.63, 3.8) is 0 Å². The summed E-state index contributed by atoms with van der Waals surface area (Å²) in [5, 5.41) is 5.10. The van der Waals surface area contributed by atoms with E-state index in [1.165, 1.54) is 81.1 Å². The van der Waals surface area contributed by atoms with Gasteiger partial charge in [-0.2, -0.15) is 0 Å². The maximum absolute atomic E-state index is 2.41. The summed E-state index contributed by atoms with van der Waals surface area (Å²) in [4.78, 5) is 2.41. The molecule has 1 aromatic heterocycles. The lowest BCUT2D eigenvalue weighted by atomic mass is 9.96. The van der Waals surface area contributed by atoms with Crippen LogP contribution in [0.2, 0.25) is 0 Å². The SMILES string of the molecule is c1ccc(-c2ccc(N(c3ccc(-c4ccc(-c5cccc(-c6ccc7ccccc7c6)c5)cc4)cc3)c3cccc4sc5ccccc5c34)cc2)cc1. The Morgan fingerprint density at radius 2 is 0.759 bits per heavy atom. The molecule has 1 nitrogen and oxygen atoms in total. The van der Waals surface area contributed by atoms with E-state index < -0.39 is 0 Å². The number of fused-ring (bicyclic) bond motifs is 4. The van der Waals surface area contributed by atoms with Gasteiger partial charge in [0.15, 0.2) is 0 Å². The highest BCUT2D eigenvalue weighted by molar-refractivity contribution is 7.26. The monoisotopic (exact) mass is 705 g/mol. The van der Waals surface area contributed by atoms with Crippen molar-refractivity contribution in [1.29, 1.82) is 0 Å². The summed E-state index contributed by atoms with van der Waals surface area (Å²) in [6, 6.07) is 77.1. The molecule has 0 amide bonds. The number of thiophene rings is 1. The lowest BCUT2D eigenvalue weighted by Gasteiger charge is -2.27. The van der Waals surface area contributed by atoms with Gasteiger partial charge in [-0.05, 0) is 110 Å². The Labute approximate surface area is 319 Å². The van der Waals surface area contributed by atoms with Crippen molar-refractivity contribution in [3.05, 3.63) is 212 Å². The van der Waals surface area contributed by atoms with Crippen LogP contribution in [0.4, 0.5) is 17.1 Å². The molecule has 254 valence electrons. The molecule has 0 atom stereocenters. The number of benzene rings is 9. The van der Waals surface area contributed by atoms with Gasteiger partial charge in [0.05, 0.1) is 5.69 Å². The van der Waals surface area contributed by atoms with Crippen molar-refractivity contribution in [3.8, 4) is 44.5 Å². The Kier molecular flexibility index (Phi) is 8.09. The molecule has 0 bridgehead atoms. The van der Waals surface area contributed by atoms with Crippen molar-refractivity contribution in [2.75, 3.05) is 4.90 Å². The molecule has 10 rings (SSSR count). The fourth-order valence-corrected chi connectivity index (χ4v) is 8.84. The third-order valence-corrected chi connectivity index (χ3v) is 11.6. The first kappa shape index (κ1) is 32.0. The van der Waals surface area contributed by atoms with Crippen LogP contribution in [0.1, 0.15) is 0 Å². The van der Waals surface area contributed by atoms with Gasteiger partial charge in [-0.25, -0.2) is 0 Å². The first-order chi connectivity index (χ1) is 26.7. The molecule has 0 unspecified atom stereocenters. The van der Waals surface area contributed by atoms with Crippen molar-refractivity contribution in [2.24, 2.45) is 0 Å². The summed E-state index contributed by atoms with van der Waals surface area (Å²) in [5.74, 6) is 0.